The van der Waals surface area contributed by atoms with Crippen molar-refractivity contribution in [1.29, 1.82) is 0 Å². The highest BCUT2D eigenvalue weighted by atomic mass is 32.2. The van der Waals surface area contributed by atoms with Crippen LogP contribution in [0.3, 0.4) is 0 Å². The molecular weight excluding hydrogens is 430 g/mol. The first-order valence-electron chi connectivity index (χ1n) is 10.7. The molecule has 2 aromatic carbocycles. The van der Waals surface area contributed by atoms with Gasteiger partial charge in [-0.2, -0.15) is 0 Å². The van der Waals surface area contributed by atoms with E-state index >= 15 is 0 Å². The molecule has 0 aromatic heterocycles. The average molecular weight is 460 g/mol. The second kappa shape index (κ2) is 9.48. The maximum absolute atomic E-state index is 12.9. The number of hydrogen-bond donors (Lipinski definition) is 1. The van der Waals surface area contributed by atoms with Crippen LogP contribution in [0.2, 0.25) is 0 Å². The van der Waals surface area contributed by atoms with Crippen LogP contribution in [0.25, 0.3) is 0 Å². The van der Waals surface area contributed by atoms with Crippen LogP contribution in [-0.2, 0) is 32.6 Å². The minimum Gasteiger partial charge on any atom is -0.476 e. The fraction of sp³-hybridized carbons (Fsp3) is 0.435. The lowest BCUT2D eigenvalue weighted by Gasteiger charge is -2.34. The highest BCUT2D eigenvalue weighted by molar-refractivity contribution is 7.92. The summed E-state index contributed by atoms with van der Waals surface area (Å²) in [5, 5.41) is 2.90. The van der Waals surface area contributed by atoms with Crippen LogP contribution in [0.4, 0.5) is 5.69 Å². The minimum atomic E-state index is -3.55. The Balaban J connectivity index is 1.41. The van der Waals surface area contributed by atoms with Gasteiger partial charge in [-0.1, -0.05) is 30.3 Å². The van der Waals surface area contributed by atoms with Gasteiger partial charge in [0.25, 0.3) is 5.91 Å². The van der Waals surface area contributed by atoms with Gasteiger partial charge < -0.3 is 14.8 Å². The fourth-order valence-corrected chi connectivity index (χ4v) is 4.88. The summed E-state index contributed by atoms with van der Waals surface area (Å²) in [6, 6.07) is 13.4. The molecule has 1 saturated heterocycles. The molecule has 2 aromatic rings. The Hall–Kier alpha value is -2.62. The molecule has 0 saturated carbocycles. The van der Waals surface area contributed by atoms with Crippen LogP contribution in [0, 0.1) is 6.92 Å². The maximum Gasteiger partial charge on any atom is 0.263 e. The molecular formula is C23H29N3O5S. The molecule has 1 fully saturated rings. The normalized spacial score (nSPS) is 19.2. The van der Waals surface area contributed by atoms with Crippen molar-refractivity contribution in [2.45, 2.75) is 26.1 Å². The molecule has 0 aliphatic carbocycles. The van der Waals surface area contributed by atoms with E-state index in [0.29, 0.717) is 18.0 Å². The number of hydrogen-bond acceptors (Lipinski definition) is 6. The molecule has 9 heteroatoms. The molecule has 1 amide bonds. The van der Waals surface area contributed by atoms with E-state index in [1.165, 1.54) is 9.87 Å². The van der Waals surface area contributed by atoms with Gasteiger partial charge in [0.05, 0.1) is 31.7 Å². The maximum atomic E-state index is 12.9. The van der Waals surface area contributed by atoms with Crippen molar-refractivity contribution < 1.29 is 22.7 Å². The van der Waals surface area contributed by atoms with Crippen molar-refractivity contribution in [2.24, 2.45) is 0 Å². The Morgan fingerprint density at radius 2 is 1.88 bits per heavy atom. The number of nitrogens with one attached hydrogen (secondary N) is 1. The number of carbonyl (C=O) groups is 1. The summed E-state index contributed by atoms with van der Waals surface area (Å²) in [4.78, 5) is 15.2. The monoisotopic (exact) mass is 459 g/mol. The quantitative estimate of drug-likeness (QED) is 0.707. The first-order chi connectivity index (χ1) is 15.3. The molecule has 32 heavy (non-hydrogen) atoms. The molecule has 2 aliphatic rings. The number of carbonyl (C=O) groups excluding carboxylic acids is 1. The zero-order valence-corrected chi connectivity index (χ0v) is 19.2. The summed E-state index contributed by atoms with van der Waals surface area (Å²) in [5.74, 6) is 0.0544. The lowest BCUT2D eigenvalue weighted by atomic mass is 10.1. The Kier molecular flexibility index (Phi) is 6.68. The number of fused-ring (bicyclic) bond motifs is 1. The van der Waals surface area contributed by atoms with E-state index in [1.807, 2.05) is 25.1 Å². The number of nitrogens with zero attached hydrogens (tertiary/aromatic N) is 2. The van der Waals surface area contributed by atoms with Gasteiger partial charge in [-0.05, 0) is 35.7 Å². The van der Waals surface area contributed by atoms with Crippen LogP contribution in [0.15, 0.2) is 42.5 Å². The van der Waals surface area contributed by atoms with Crippen LogP contribution >= 0.6 is 0 Å². The molecule has 0 spiro atoms. The first-order valence-corrected chi connectivity index (χ1v) is 12.5. The predicted octanol–water partition coefficient (Wildman–Crippen LogP) is 1.67. The Bertz CT molecular complexity index is 1080. The van der Waals surface area contributed by atoms with E-state index in [1.54, 1.807) is 12.1 Å². The second-order valence-corrected chi connectivity index (χ2v) is 10.2. The number of aryl methyl sites for hydroxylation is 1. The van der Waals surface area contributed by atoms with E-state index in [-0.39, 0.29) is 12.5 Å². The minimum absolute atomic E-state index is 0.0577. The molecule has 172 valence electrons. The molecule has 8 nitrogen and oxygen atoms in total. The van der Waals surface area contributed by atoms with Crippen molar-refractivity contribution in [3.05, 3.63) is 59.2 Å². The Morgan fingerprint density at radius 1 is 1.12 bits per heavy atom. The Labute approximate surface area is 189 Å². The van der Waals surface area contributed by atoms with Gasteiger partial charge in [0.1, 0.15) is 5.75 Å². The van der Waals surface area contributed by atoms with Gasteiger partial charge in [0.15, 0.2) is 6.10 Å². The standard InChI is InChI=1S/C23H29N3O5S/c1-17-6-7-20-21(12-17)31-22(16-26(20)32(2,28)29)23(27)24-14-18-4-3-5-19(13-18)15-25-8-10-30-11-9-25/h3-7,12-13,22H,8-11,14-16H2,1-2H3,(H,24,27)/t22-/m0/s1. The fourth-order valence-electron chi connectivity index (χ4n) is 3.97. The van der Waals surface area contributed by atoms with Gasteiger partial charge >= 0.3 is 0 Å². The molecule has 0 radical (unpaired) electrons. The van der Waals surface area contributed by atoms with Crippen LogP contribution in [0.1, 0.15) is 16.7 Å². The molecule has 1 N–H and O–H groups in total. The highest BCUT2D eigenvalue weighted by Crippen LogP contribution is 2.35. The average Bonchev–Trinajstić information content (AvgIpc) is 2.77. The number of rotatable bonds is 6. The van der Waals surface area contributed by atoms with E-state index in [4.69, 9.17) is 9.47 Å². The number of amides is 1. The van der Waals surface area contributed by atoms with Gasteiger partial charge in [0.2, 0.25) is 10.0 Å². The molecule has 2 heterocycles. The van der Waals surface area contributed by atoms with Crippen molar-refractivity contribution in [3.8, 4) is 5.75 Å². The molecule has 4 rings (SSSR count). The van der Waals surface area contributed by atoms with Crippen molar-refractivity contribution in [3.63, 3.8) is 0 Å². The summed E-state index contributed by atoms with van der Waals surface area (Å²) >= 11 is 0. The largest absolute Gasteiger partial charge is 0.476 e. The van der Waals surface area contributed by atoms with Gasteiger partial charge in [0, 0.05) is 26.2 Å². The van der Waals surface area contributed by atoms with E-state index in [2.05, 4.69) is 22.3 Å². The number of benzene rings is 2. The van der Waals surface area contributed by atoms with Crippen molar-refractivity contribution in [2.75, 3.05) is 43.4 Å². The number of ether oxygens (including phenoxy) is 2. The first kappa shape index (κ1) is 22.6. The third-order valence-electron chi connectivity index (χ3n) is 5.65. The van der Waals surface area contributed by atoms with E-state index < -0.39 is 16.1 Å². The van der Waals surface area contributed by atoms with Gasteiger partial charge in [-0.15, -0.1) is 0 Å². The van der Waals surface area contributed by atoms with Crippen molar-refractivity contribution >= 4 is 21.6 Å². The summed E-state index contributed by atoms with van der Waals surface area (Å²) in [6.45, 7) is 6.36. The van der Waals surface area contributed by atoms with Crippen molar-refractivity contribution in [1.82, 2.24) is 10.2 Å². The van der Waals surface area contributed by atoms with Crippen LogP contribution in [0.5, 0.6) is 5.75 Å². The Morgan fingerprint density at radius 3 is 2.62 bits per heavy atom. The molecule has 0 bridgehead atoms. The van der Waals surface area contributed by atoms with Gasteiger partial charge in [-0.3, -0.25) is 14.0 Å². The number of anilines is 1. The molecule has 1 atom stereocenters. The van der Waals surface area contributed by atoms with Gasteiger partial charge in [-0.25, -0.2) is 8.42 Å². The summed E-state index contributed by atoms with van der Waals surface area (Å²) in [7, 11) is -3.55. The third-order valence-corrected chi connectivity index (χ3v) is 6.79. The lowest BCUT2D eigenvalue weighted by Crippen LogP contribution is -2.50. The second-order valence-electron chi connectivity index (χ2n) is 8.30. The summed E-state index contributed by atoms with van der Waals surface area (Å²) < 4.78 is 37.1. The predicted molar refractivity (Wildman–Crippen MR) is 122 cm³/mol. The molecule has 0 unspecified atom stereocenters. The van der Waals surface area contributed by atoms with E-state index in [0.717, 1.165) is 50.2 Å². The number of sulfonamides is 1. The van der Waals surface area contributed by atoms with E-state index in [9.17, 15) is 13.2 Å². The summed E-state index contributed by atoms with van der Waals surface area (Å²) in [6.07, 6.45) is 0.215. The SMILES string of the molecule is Cc1ccc2c(c1)O[C@H](C(=O)NCc1cccc(CN3CCOCC3)c1)CN2S(C)(=O)=O. The highest BCUT2D eigenvalue weighted by Gasteiger charge is 2.35. The van der Waals surface area contributed by atoms with Crippen LogP contribution < -0.4 is 14.4 Å². The number of morpholine rings is 1. The van der Waals surface area contributed by atoms with Crippen LogP contribution in [-0.4, -0.2) is 64.4 Å². The summed E-state index contributed by atoms with van der Waals surface area (Å²) in [5.41, 5.74) is 3.55. The topological polar surface area (TPSA) is 88.2 Å². The zero-order chi connectivity index (χ0) is 22.7. The smallest absolute Gasteiger partial charge is 0.263 e. The lowest BCUT2D eigenvalue weighted by molar-refractivity contribution is -0.127. The molecule has 2 aliphatic heterocycles. The third kappa shape index (κ3) is 5.40. The zero-order valence-electron chi connectivity index (χ0n) is 18.4.